The smallest absolute Gasteiger partial charge is 0.234 e. The van der Waals surface area contributed by atoms with Crippen molar-refractivity contribution in [2.75, 3.05) is 45.8 Å². The Kier molecular flexibility index (Phi) is 7.49. The summed E-state index contributed by atoms with van der Waals surface area (Å²) in [5, 5.41) is 6.31. The molecule has 2 fully saturated rings. The lowest BCUT2D eigenvalue weighted by molar-refractivity contribution is -0.134. The van der Waals surface area contributed by atoms with Crippen LogP contribution in [0.15, 0.2) is 0 Å². The van der Waals surface area contributed by atoms with Gasteiger partial charge in [0.05, 0.1) is 6.54 Å². The number of piperazine rings is 1. The topological polar surface area (TPSA) is 64.7 Å². The first-order valence-electron chi connectivity index (χ1n) is 9.46. The molecule has 0 radical (unpaired) electrons. The van der Waals surface area contributed by atoms with Crippen LogP contribution in [0.4, 0.5) is 0 Å². The van der Waals surface area contributed by atoms with Crippen LogP contribution in [-0.4, -0.2) is 73.5 Å². The van der Waals surface area contributed by atoms with E-state index in [1.807, 2.05) is 18.7 Å². The van der Waals surface area contributed by atoms with Crippen LogP contribution in [0, 0.1) is 11.8 Å². The van der Waals surface area contributed by atoms with Gasteiger partial charge in [-0.2, -0.15) is 0 Å². The zero-order valence-corrected chi connectivity index (χ0v) is 15.5. The molecule has 1 atom stereocenters. The van der Waals surface area contributed by atoms with E-state index in [9.17, 15) is 9.59 Å². The predicted octanol–water partition coefficient (Wildman–Crippen LogP) is 0.681. The maximum atomic E-state index is 12.5. The Morgan fingerprint density at radius 2 is 1.71 bits per heavy atom. The molecule has 2 saturated heterocycles. The number of hydrogen-bond acceptors (Lipinski definition) is 4. The summed E-state index contributed by atoms with van der Waals surface area (Å²) in [5.41, 5.74) is 0. The van der Waals surface area contributed by atoms with Crippen LogP contribution in [0.1, 0.15) is 40.0 Å². The van der Waals surface area contributed by atoms with E-state index in [4.69, 9.17) is 0 Å². The van der Waals surface area contributed by atoms with Crippen molar-refractivity contribution in [3.63, 3.8) is 0 Å². The molecule has 6 nitrogen and oxygen atoms in total. The number of carbonyl (C=O) groups is 2. The fourth-order valence-electron chi connectivity index (χ4n) is 3.71. The Morgan fingerprint density at radius 1 is 1.08 bits per heavy atom. The molecule has 2 N–H and O–H groups in total. The zero-order valence-electron chi connectivity index (χ0n) is 15.5. The Balaban J connectivity index is 1.69. The molecule has 138 valence electrons. The van der Waals surface area contributed by atoms with Crippen molar-refractivity contribution >= 4 is 11.8 Å². The molecule has 2 rings (SSSR count). The molecule has 1 unspecified atom stereocenters. The van der Waals surface area contributed by atoms with Gasteiger partial charge in [-0.1, -0.05) is 6.92 Å². The number of nitrogens with one attached hydrogen (secondary N) is 2. The van der Waals surface area contributed by atoms with Crippen molar-refractivity contribution in [3.8, 4) is 0 Å². The molecule has 0 aromatic heterocycles. The molecule has 2 heterocycles. The number of nitrogens with zero attached hydrogens (tertiary/aromatic N) is 2. The van der Waals surface area contributed by atoms with E-state index >= 15 is 0 Å². The van der Waals surface area contributed by atoms with Crippen LogP contribution >= 0.6 is 0 Å². The third-order valence-electron chi connectivity index (χ3n) is 5.23. The van der Waals surface area contributed by atoms with E-state index in [1.165, 1.54) is 12.8 Å². The third kappa shape index (κ3) is 6.06. The minimum Gasteiger partial charge on any atom is -0.353 e. The van der Waals surface area contributed by atoms with Crippen molar-refractivity contribution in [2.24, 2.45) is 11.8 Å². The average molecular weight is 338 g/mol. The first-order chi connectivity index (χ1) is 11.5. The SMILES string of the molecule is CC(C)NC(=O)CN1CCN(C(=O)CC(C)C2CCNCC2)CC1. The van der Waals surface area contributed by atoms with Gasteiger partial charge in [0.2, 0.25) is 11.8 Å². The van der Waals surface area contributed by atoms with Gasteiger partial charge in [-0.25, -0.2) is 0 Å². The Morgan fingerprint density at radius 3 is 2.29 bits per heavy atom. The van der Waals surface area contributed by atoms with Gasteiger partial charge in [-0.3, -0.25) is 14.5 Å². The van der Waals surface area contributed by atoms with Gasteiger partial charge < -0.3 is 15.5 Å². The van der Waals surface area contributed by atoms with E-state index in [0.29, 0.717) is 24.8 Å². The standard InChI is InChI=1S/C18H34N4O2/c1-14(2)20-17(23)13-21-8-10-22(11-9-21)18(24)12-15(3)16-4-6-19-7-5-16/h14-16,19H,4-13H2,1-3H3,(H,20,23). The van der Waals surface area contributed by atoms with E-state index in [2.05, 4.69) is 22.5 Å². The normalized spacial score (nSPS) is 21.8. The highest BCUT2D eigenvalue weighted by atomic mass is 16.2. The monoisotopic (exact) mass is 338 g/mol. The molecule has 0 bridgehead atoms. The summed E-state index contributed by atoms with van der Waals surface area (Å²) >= 11 is 0. The van der Waals surface area contributed by atoms with E-state index in [1.54, 1.807) is 0 Å². The van der Waals surface area contributed by atoms with Crippen LogP contribution in [0.2, 0.25) is 0 Å². The van der Waals surface area contributed by atoms with E-state index in [0.717, 1.165) is 39.3 Å². The minimum atomic E-state index is 0.0734. The summed E-state index contributed by atoms with van der Waals surface area (Å²) in [4.78, 5) is 28.5. The van der Waals surface area contributed by atoms with Crippen LogP contribution in [0.5, 0.6) is 0 Å². The Bertz CT molecular complexity index is 413. The third-order valence-corrected chi connectivity index (χ3v) is 5.23. The molecule has 0 aromatic carbocycles. The van der Waals surface area contributed by atoms with Crippen LogP contribution in [-0.2, 0) is 9.59 Å². The molecule has 2 aliphatic heterocycles. The summed E-state index contributed by atoms with van der Waals surface area (Å²) in [6.45, 7) is 11.8. The van der Waals surface area contributed by atoms with Crippen molar-refractivity contribution in [1.82, 2.24) is 20.4 Å². The minimum absolute atomic E-state index is 0.0734. The van der Waals surface area contributed by atoms with Crippen molar-refractivity contribution in [2.45, 2.75) is 46.1 Å². The highest BCUT2D eigenvalue weighted by Gasteiger charge is 2.26. The zero-order chi connectivity index (χ0) is 17.5. The Labute approximate surface area is 146 Å². The van der Waals surface area contributed by atoms with E-state index in [-0.39, 0.29) is 17.9 Å². The lowest BCUT2D eigenvalue weighted by Gasteiger charge is -2.36. The Hall–Kier alpha value is -1.14. The molecular formula is C18H34N4O2. The van der Waals surface area contributed by atoms with Gasteiger partial charge in [-0.05, 0) is 51.6 Å². The van der Waals surface area contributed by atoms with Crippen molar-refractivity contribution < 1.29 is 9.59 Å². The summed E-state index contributed by atoms with van der Waals surface area (Å²) in [5.74, 6) is 1.50. The fraction of sp³-hybridized carbons (Fsp3) is 0.889. The van der Waals surface area contributed by atoms with Gasteiger partial charge >= 0.3 is 0 Å². The quantitative estimate of drug-likeness (QED) is 0.748. The second kappa shape index (κ2) is 9.37. The summed E-state index contributed by atoms with van der Waals surface area (Å²) in [7, 11) is 0. The maximum absolute atomic E-state index is 12.5. The lowest BCUT2D eigenvalue weighted by atomic mass is 9.84. The molecule has 2 aliphatic rings. The number of rotatable bonds is 6. The van der Waals surface area contributed by atoms with Gasteiger partial charge in [0.25, 0.3) is 0 Å². The summed E-state index contributed by atoms with van der Waals surface area (Å²) in [6, 6.07) is 0.178. The van der Waals surface area contributed by atoms with Crippen LogP contribution in [0.3, 0.4) is 0 Å². The van der Waals surface area contributed by atoms with Crippen molar-refractivity contribution in [1.29, 1.82) is 0 Å². The molecule has 6 heteroatoms. The van der Waals surface area contributed by atoms with Gasteiger partial charge in [-0.15, -0.1) is 0 Å². The molecular weight excluding hydrogens is 304 g/mol. The van der Waals surface area contributed by atoms with E-state index < -0.39 is 0 Å². The number of amides is 2. The highest BCUT2D eigenvalue weighted by Crippen LogP contribution is 2.25. The number of hydrogen-bond donors (Lipinski definition) is 2. The van der Waals surface area contributed by atoms with Crippen molar-refractivity contribution in [3.05, 3.63) is 0 Å². The molecule has 0 aliphatic carbocycles. The van der Waals surface area contributed by atoms with Gasteiger partial charge in [0.15, 0.2) is 0 Å². The molecule has 0 aromatic rings. The van der Waals surface area contributed by atoms with Gasteiger partial charge in [0, 0.05) is 38.6 Å². The molecule has 0 saturated carbocycles. The fourth-order valence-corrected chi connectivity index (χ4v) is 3.71. The van der Waals surface area contributed by atoms with Crippen LogP contribution in [0.25, 0.3) is 0 Å². The second-order valence-electron chi connectivity index (χ2n) is 7.65. The second-order valence-corrected chi connectivity index (χ2v) is 7.65. The predicted molar refractivity (Wildman–Crippen MR) is 95.7 cm³/mol. The van der Waals surface area contributed by atoms with Crippen LogP contribution < -0.4 is 10.6 Å². The summed E-state index contributed by atoms with van der Waals surface area (Å²) < 4.78 is 0. The average Bonchev–Trinajstić information content (AvgIpc) is 2.55. The van der Waals surface area contributed by atoms with Gasteiger partial charge in [0.1, 0.15) is 0 Å². The largest absolute Gasteiger partial charge is 0.353 e. The molecule has 0 spiro atoms. The first-order valence-corrected chi connectivity index (χ1v) is 9.46. The molecule has 24 heavy (non-hydrogen) atoms. The number of piperidine rings is 1. The summed E-state index contributed by atoms with van der Waals surface area (Å²) in [6.07, 6.45) is 3.04. The lowest BCUT2D eigenvalue weighted by Crippen LogP contribution is -2.51. The molecule has 2 amide bonds. The highest BCUT2D eigenvalue weighted by molar-refractivity contribution is 5.78. The number of carbonyl (C=O) groups excluding carboxylic acids is 2. The maximum Gasteiger partial charge on any atom is 0.234 e. The first kappa shape index (κ1) is 19.2.